The maximum absolute atomic E-state index is 12.3. The monoisotopic (exact) mass is 504 g/mol. The van der Waals surface area contributed by atoms with Gasteiger partial charge < -0.3 is 25.2 Å². The SMILES string of the molecule is CC1C2(O)OCC13C(O)CC1C(C)(CCC4(C)C5CC(C)(C(=O)O)CCC5(C)CCC14C)C3CC2O. The van der Waals surface area contributed by atoms with Crippen molar-refractivity contribution in [2.24, 2.45) is 56.2 Å². The van der Waals surface area contributed by atoms with Gasteiger partial charge in [-0.25, -0.2) is 0 Å². The van der Waals surface area contributed by atoms with Crippen molar-refractivity contribution < 1.29 is 30.0 Å². The molecule has 6 aliphatic rings. The van der Waals surface area contributed by atoms with Crippen LogP contribution < -0.4 is 0 Å². The zero-order valence-electron chi connectivity index (χ0n) is 23.1. The van der Waals surface area contributed by atoms with Crippen LogP contribution in [0.1, 0.15) is 99.3 Å². The molecule has 1 saturated heterocycles. The lowest BCUT2D eigenvalue weighted by Gasteiger charge is -2.75. The largest absolute Gasteiger partial charge is 0.481 e. The van der Waals surface area contributed by atoms with Gasteiger partial charge in [-0.3, -0.25) is 4.79 Å². The molecule has 13 unspecified atom stereocenters. The fraction of sp³-hybridized carbons (Fsp3) is 0.967. The highest BCUT2D eigenvalue weighted by Crippen LogP contribution is 2.79. The van der Waals surface area contributed by atoms with Crippen molar-refractivity contribution in [2.45, 2.75) is 117 Å². The van der Waals surface area contributed by atoms with Gasteiger partial charge in [-0.05, 0) is 104 Å². The predicted molar refractivity (Wildman–Crippen MR) is 135 cm³/mol. The number of aliphatic carboxylic acids is 1. The molecule has 0 aromatic carbocycles. The number of carboxylic acid groups (broad SMARTS) is 1. The lowest BCUT2D eigenvalue weighted by Crippen LogP contribution is -2.72. The summed E-state index contributed by atoms with van der Waals surface area (Å²) in [5.74, 6) is -1.84. The van der Waals surface area contributed by atoms with E-state index in [1.54, 1.807) is 0 Å². The molecule has 5 saturated carbocycles. The average Bonchev–Trinajstić information content (AvgIpc) is 3.01. The molecule has 6 heteroatoms. The van der Waals surface area contributed by atoms with Gasteiger partial charge in [0, 0.05) is 11.3 Å². The third-order valence-electron chi connectivity index (χ3n) is 14.7. The molecular formula is C30H48O6. The van der Waals surface area contributed by atoms with E-state index in [0.717, 1.165) is 44.9 Å². The summed E-state index contributed by atoms with van der Waals surface area (Å²) in [7, 11) is 0. The van der Waals surface area contributed by atoms with Crippen LogP contribution in [0.4, 0.5) is 0 Å². The van der Waals surface area contributed by atoms with Gasteiger partial charge in [-0.15, -0.1) is 0 Å². The summed E-state index contributed by atoms with van der Waals surface area (Å²) < 4.78 is 5.92. The summed E-state index contributed by atoms with van der Waals surface area (Å²) in [5.41, 5.74) is -1.13. The Morgan fingerprint density at radius 1 is 0.806 bits per heavy atom. The van der Waals surface area contributed by atoms with Crippen molar-refractivity contribution in [2.75, 3.05) is 6.61 Å². The first-order valence-corrected chi connectivity index (χ1v) is 14.5. The average molecular weight is 505 g/mol. The standard InChI is InChI=1S/C30H48O6/c1-17-29-16-36-30(17,35)22(32)14-19(29)26(4)10-12-28(6)20-15-25(3,23(33)34)8-7-24(20,2)9-11-27(28,5)18(26)13-21(29)31/h17-22,31-32,35H,7-16H2,1-6H3,(H,33,34). The molecule has 1 heterocycles. The van der Waals surface area contributed by atoms with E-state index in [0.29, 0.717) is 25.4 Å². The molecule has 13 atom stereocenters. The summed E-state index contributed by atoms with van der Waals surface area (Å²) >= 11 is 0. The Hall–Kier alpha value is -0.690. The Morgan fingerprint density at radius 3 is 2.06 bits per heavy atom. The van der Waals surface area contributed by atoms with Crippen LogP contribution in [-0.2, 0) is 9.53 Å². The second kappa shape index (κ2) is 7.08. The fourth-order valence-corrected chi connectivity index (χ4v) is 11.9. The van der Waals surface area contributed by atoms with Gasteiger partial charge in [0.05, 0.1) is 18.1 Å². The lowest BCUT2D eigenvalue weighted by atomic mass is 9.29. The minimum Gasteiger partial charge on any atom is -0.481 e. The van der Waals surface area contributed by atoms with E-state index in [9.17, 15) is 25.2 Å². The fourth-order valence-electron chi connectivity index (χ4n) is 11.9. The number of hydrogen-bond donors (Lipinski definition) is 4. The van der Waals surface area contributed by atoms with Gasteiger partial charge in [0.15, 0.2) is 5.79 Å². The van der Waals surface area contributed by atoms with Crippen molar-refractivity contribution in [3.63, 3.8) is 0 Å². The molecule has 4 N–H and O–H groups in total. The van der Waals surface area contributed by atoms with Crippen LogP contribution in [0.25, 0.3) is 0 Å². The number of aliphatic hydroxyl groups excluding tert-OH is 2. The Bertz CT molecular complexity index is 984. The van der Waals surface area contributed by atoms with Crippen LogP contribution in [0, 0.1) is 56.2 Å². The van der Waals surface area contributed by atoms with Crippen LogP contribution in [0.15, 0.2) is 0 Å². The summed E-state index contributed by atoms with van der Waals surface area (Å²) in [6.45, 7) is 14.0. The molecule has 5 aliphatic carbocycles. The highest BCUT2D eigenvalue weighted by atomic mass is 16.6. The van der Waals surface area contributed by atoms with E-state index in [2.05, 4.69) is 27.7 Å². The second-order valence-electron chi connectivity index (χ2n) is 15.6. The van der Waals surface area contributed by atoms with Crippen LogP contribution in [-0.4, -0.2) is 51.0 Å². The smallest absolute Gasteiger partial charge is 0.309 e. The number of rotatable bonds is 1. The molecule has 6 fully saturated rings. The van der Waals surface area contributed by atoms with E-state index in [1.807, 2.05) is 13.8 Å². The van der Waals surface area contributed by atoms with Crippen molar-refractivity contribution >= 4 is 5.97 Å². The quantitative estimate of drug-likeness (QED) is 0.416. The van der Waals surface area contributed by atoms with Crippen molar-refractivity contribution in [1.82, 2.24) is 0 Å². The van der Waals surface area contributed by atoms with E-state index in [4.69, 9.17) is 4.74 Å². The maximum atomic E-state index is 12.3. The first-order chi connectivity index (χ1) is 16.5. The second-order valence-corrected chi connectivity index (χ2v) is 15.6. The van der Waals surface area contributed by atoms with Gasteiger partial charge in [-0.2, -0.15) is 0 Å². The van der Waals surface area contributed by atoms with Gasteiger partial charge >= 0.3 is 5.97 Å². The van der Waals surface area contributed by atoms with E-state index in [1.165, 1.54) is 0 Å². The molecule has 1 aliphatic heterocycles. The number of carboxylic acids is 1. The number of ether oxygens (including phenoxy) is 1. The van der Waals surface area contributed by atoms with Crippen LogP contribution in [0.3, 0.4) is 0 Å². The van der Waals surface area contributed by atoms with Gasteiger partial charge in [0.1, 0.15) is 6.10 Å². The molecule has 36 heavy (non-hydrogen) atoms. The van der Waals surface area contributed by atoms with Crippen molar-refractivity contribution in [3.05, 3.63) is 0 Å². The van der Waals surface area contributed by atoms with Gasteiger partial charge in [0.2, 0.25) is 0 Å². The summed E-state index contributed by atoms with van der Waals surface area (Å²) in [5, 5.41) is 44.3. The molecule has 2 bridgehead atoms. The minimum atomic E-state index is -1.57. The van der Waals surface area contributed by atoms with E-state index < -0.39 is 34.8 Å². The molecular weight excluding hydrogens is 456 g/mol. The molecule has 6 rings (SSSR count). The van der Waals surface area contributed by atoms with E-state index in [-0.39, 0.29) is 39.4 Å². The minimum absolute atomic E-state index is 0.00264. The summed E-state index contributed by atoms with van der Waals surface area (Å²) in [4.78, 5) is 12.3. The lowest BCUT2D eigenvalue weighted by molar-refractivity contribution is -0.305. The zero-order chi connectivity index (χ0) is 26.3. The molecule has 0 aromatic heterocycles. The number of hydrogen-bond acceptors (Lipinski definition) is 5. The highest BCUT2D eigenvalue weighted by molar-refractivity contribution is 5.74. The topological polar surface area (TPSA) is 107 Å². The van der Waals surface area contributed by atoms with Crippen LogP contribution in [0.2, 0.25) is 0 Å². The third kappa shape index (κ3) is 2.62. The molecule has 0 radical (unpaired) electrons. The summed E-state index contributed by atoms with van der Waals surface area (Å²) in [6.07, 6.45) is 6.37. The number of aliphatic hydroxyl groups is 3. The molecule has 1 spiro atoms. The molecule has 6 nitrogen and oxygen atoms in total. The molecule has 0 aromatic rings. The third-order valence-corrected chi connectivity index (χ3v) is 14.7. The van der Waals surface area contributed by atoms with Crippen molar-refractivity contribution in [1.29, 1.82) is 0 Å². The summed E-state index contributed by atoms with van der Waals surface area (Å²) in [6, 6.07) is 0. The Morgan fingerprint density at radius 2 is 1.39 bits per heavy atom. The Balaban J connectivity index is 1.43. The number of fused-ring (bicyclic) bond motifs is 7. The van der Waals surface area contributed by atoms with E-state index >= 15 is 0 Å². The first-order valence-electron chi connectivity index (χ1n) is 14.5. The van der Waals surface area contributed by atoms with Crippen molar-refractivity contribution in [3.8, 4) is 0 Å². The highest BCUT2D eigenvalue weighted by Gasteiger charge is 2.77. The Kier molecular flexibility index (Phi) is 5.03. The zero-order valence-corrected chi connectivity index (χ0v) is 23.1. The first kappa shape index (κ1) is 25.6. The number of carbonyl (C=O) groups is 1. The predicted octanol–water partition coefficient (Wildman–Crippen LogP) is 4.59. The molecule has 0 amide bonds. The van der Waals surface area contributed by atoms with Crippen LogP contribution in [0.5, 0.6) is 0 Å². The maximum Gasteiger partial charge on any atom is 0.309 e. The van der Waals surface area contributed by atoms with Gasteiger partial charge in [0.25, 0.3) is 0 Å². The Labute approximate surface area is 216 Å². The van der Waals surface area contributed by atoms with Gasteiger partial charge in [-0.1, -0.05) is 34.6 Å². The normalized spacial score (nSPS) is 64.0. The molecule has 204 valence electrons. The van der Waals surface area contributed by atoms with Crippen LogP contribution >= 0.6 is 0 Å².